The molecule has 4 unspecified atom stereocenters. The Balaban J connectivity index is 1.75. The van der Waals surface area contributed by atoms with Gasteiger partial charge in [-0.1, -0.05) is 13.8 Å². The van der Waals surface area contributed by atoms with E-state index in [1.165, 1.54) is 12.8 Å². The molecule has 0 bridgehead atoms. The molecule has 3 rings (SSSR count). The summed E-state index contributed by atoms with van der Waals surface area (Å²) in [4.78, 5) is 9.08. The molecule has 5 heteroatoms. The van der Waals surface area contributed by atoms with Gasteiger partial charge in [0.2, 0.25) is 0 Å². The molecule has 0 spiro atoms. The van der Waals surface area contributed by atoms with Gasteiger partial charge >= 0.3 is 0 Å². The number of nitrogens with one attached hydrogen (secondary N) is 1. The number of hydrogen-bond acceptors (Lipinski definition) is 5. The Morgan fingerprint density at radius 1 is 1.32 bits per heavy atom. The Labute approximate surface area is 132 Å². The average molecular weight is 305 g/mol. The molecule has 0 amide bonds. The van der Waals surface area contributed by atoms with Crippen LogP contribution in [-0.4, -0.2) is 45.0 Å². The zero-order valence-electron chi connectivity index (χ0n) is 13.4. The molecule has 22 heavy (non-hydrogen) atoms. The average Bonchev–Trinajstić information content (AvgIpc) is 3.27. The molecule has 0 aliphatic heterocycles. The molecular formula is C17H27N3O2. The second-order valence-corrected chi connectivity index (χ2v) is 7.13. The van der Waals surface area contributed by atoms with Crippen LogP contribution in [0.25, 0.3) is 0 Å². The van der Waals surface area contributed by atoms with Gasteiger partial charge in [-0.2, -0.15) is 0 Å². The van der Waals surface area contributed by atoms with Crippen LogP contribution in [0.15, 0.2) is 12.3 Å². The van der Waals surface area contributed by atoms with Crippen molar-refractivity contribution in [2.45, 2.75) is 63.6 Å². The lowest BCUT2D eigenvalue weighted by atomic mass is 9.88. The fraction of sp³-hybridized carbons (Fsp3) is 0.765. The van der Waals surface area contributed by atoms with Crippen molar-refractivity contribution in [1.82, 2.24) is 15.3 Å². The molecule has 1 heterocycles. The third-order valence-electron chi connectivity index (χ3n) is 4.93. The van der Waals surface area contributed by atoms with Gasteiger partial charge in [0.05, 0.1) is 6.10 Å². The van der Waals surface area contributed by atoms with Crippen molar-refractivity contribution < 1.29 is 10.2 Å². The Bertz CT molecular complexity index is 504. The molecule has 2 fully saturated rings. The molecule has 3 N–H and O–H groups in total. The van der Waals surface area contributed by atoms with E-state index in [0.29, 0.717) is 18.4 Å². The maximum absolute atomic E-state index is 10.2. The second-order valence-electron chi connectivity index (χ2n) is 7.13. The van der Waals surface area contributed by atoms with Crippen molar-refractivity contribution >= 4 is 0 Å². The number of aliphatic hydroxyl groups is 2. The second kappa shape index (κ2) is 6.60. The van der Waals surface area contributed by atoms with E-state index in [1.54, 1.807) is 0 Å². The zero-order chi connectivity index (χ0) is 15.7. The van der Waals surface area contributed by atoms with Gasteiger partial charge in [-0.25, -0.2) is 9.97 Å². The van der Waals surface area contributed by atoms with Crippen LogP contribution in [0.4, 0.5) is 0 Å². The largest absolute Gasteiger partial charge is 0.396 e. The predicted octanol–water partition coefficient (Wildman–Crippen LogP) is 1.25. The molecule has 1 aromatic heterocycles. The van der Waals surface area contributed by atoms with Crippen LogP contribution < -0.4 is 5.32 Å². The van der Waals surface area contributed by atoms with Crippen molar-refractivity contribution in [1.29, 1.82) is 0 Å². The summed E-state index contributed by atoms with van der Waals surface area (Å²) in [7, 11) is 0. The fourth-order valence-corrected chi connectivity index (χ4v) is 3.67. The van der Waals surface area contributed by atoms with E-state index in [-0.39, 0.29) is 24.5 Å². The highest BCUT2D eigenvalue weighted by Crippen LogP contribution is 2.38. The summed E-state index contributed by atoms with van der Waals surface area (Å²) in [5.74, 6) is 1.65. The summed E-state index contributed by atoms with van der Waals surface area (Å²) < 4.78 is 0. The molecular weight excluding hydrogens is 278 g/mol. The molecule has 0 saturated heterocycles. The van der Waals surface area contributed by atoms with Crippen molar-refractivity contribution in [3.63, 3.8) is 0 Å². The highest BCUT2D eigenvalue weighted by Gasteiger charge is 2.42. The van der Waals surface area contributed by atoms with Crippen molar-refractivity contribution in [2.75, 3.05) is 6.61 Å². The van der Waals surface area contributed by atoms with Crippen LogP contribution in [0.2, 0.25) is 0 Å². The van der Waals surface area contributed by atoms with E-state index in [2.05, 4.69) is 24.1 Å². The molecule has 0 aromatic carbocycles. The van der Waals surface area contributed by atoms with Crippen molar-refractivity contribution in [3.8, 4) is 0 Å². The summed E-state index contributed by atoms with van der Waals surface area (Å²) in [5.41, 5.74) is 1.03. The van der Waals surface area contributed by atoms with E-state index in [9.17, 15) is 10.2 Å². The summed E-state index contributed by atoms with van der Waals surface area (Å²) in [6, 6.07) is 2.56. The van der Waals surface area contributed by atoms with Gasteiger partial charge in [-0.3, -0.25) is 0 Å². The lowest BCUT2D eigenvalue weighted by Crippen LogP contribution is -2.40. The normalized spacial score (nSPS) is 31.9. The van der Waals surface area contributed by atoms with E-state index in [0.717, 1.165) is 17.9 Å². The van der Waals surface area contributed by atoms with Gasteiger partial charge < -0.3 is 15.5 Å². The number of rotatable bonds is 6. The topological polar surface area (TPSA) is 78.3 Å². The summed E-state index contributed by atoms with van der Waals surface area (Å²) in [5, 5.41) is 23.5. The van der Waals surface area contributed by atoms with Crippen molar-refractivity contribution in [3.05, 3.63) is 23.8 Å². The van der Waals surface area contributed by atoms with Crippen LogP contribution in [0.5, 0.6) is 0 Å². The number of hydrogen-bond donors (Lipinski definition) is 3. The Kier molecular flexibility index (Phi) is 4.76. The van der Waals surface area contributed by atoms with Crippen LogP contribution in [0, 0.1) is 11.8 Å². The Morgan fingerprint density at radius 2 is 2.09 bits per heavy atom. The predicted molar refractivity (Wildman–Crippen MR) is 84.5 cm³/mol. The lowest BCUT2D eigenvalue weighted by Gasteiger charge is -2.26. The lowest BCUT2D eigenvalue weighted by molar-refractivity contribution is 0.0715. The minimum atomic E-state index is -0.434. The zero-order valence-corrected chi connectivity index (χ0v) is 13.4. The quantitative estimate of drug-likeness (QED) is 0.737. The third-order valence-corrected chi connectivity index (χ3v) is 4.93. The molecule has 2 aliphatic rings. The van der Waals surface area contributed by atoms with Crippen molar-refractivity contribution in [2.24, 2.45) is 11.8 Å². The summed E-state index contributed by atoms with van der Waals surface area (Å²) in [6.45, 7) is 4.26. The summed E-state index contributed by atoms with van der Waals surface area (Å²) >= 11 is 0. The first kappa shape index (κ1) is 15.8. The third kappa shape index (κ3) is 3.47. The monoisotopic (exact) mass is 305 g/mol. The van der Waals surface area contributed by atoms with E-state index in [1.807, 2.05) is 12.3 Å². The van der Waals surface area contributed by atoms with Gasteiger partial charge in [0, 0.05) is 42.4 Å². The molecule has 122 valence electrons. The molecule has 2 aliphatic carbocycles. The minimum absolute atomic E-state index is 0.0304. The number of aromatic nitrogens is 2. The highest BCUT2D eigenvalue weighted by molar-refractivity contribution is 5.12. The van der Waals surface area contributed by atoms with Crippen LogP contribution in [-0.2, 0) is 6.42 Å². The Hall–Kier alpha value is -1.04. The SMILES string of the molecule is CC(C)NC1CC(O)C(CO)C1Cc1ccnc(C2CC2)n1. The van der Waals surface area contributed by atoms with Gasteiger partial charge in [-0.15, -0.1) is 0 Å². The van der Waals surface area contributed by atoms with Crippen LogP contribution >= 0.6 is 0 Å². The molecule has 0 radical (unpaired) electrons. The standard InChI is InChI=1S/C17H27N3O2/c1-10(2)19-15-8-16(22)14(9-21)13(15)7-12-5-6-18-17(20-12)11-3-4-11/h5-6,10-11,13-16,19,21-22H,3-4,7-9H2,1-2H3. The van der Waals surface area contributed by atoms with Crippen LogP contribution in [0.1, 0.15) is 50.5 Å². The van der Waals surface area contributed by atoms with Crippen LogP contribution in [0.3, 0.4) is 0 Å². The van der Waals surface area contributed by atoms with Gasteiger partial charge in [-0.05, 0) is 37.7 Å². The Morgan fingerprint density at radius 3 is 2.73 bits per heavy atom. The maximum Gasteiger partial charge on any atom is 0.131 e. The van der Waals surface area contributed by atoms with E-state index >= 15 is 0 Å². The fourth-order valence-electron chi connectivity index (χ4n) is 3.67. The van der Waals surface area contributed by atoms with Gasteiger partial charge in [0.25, 0.3) is 0 Å². The first-order valence-electron chi connectivity index (χ1n) is 8.45. The highest BCUT2D eigenvalue weighted by atomic mass is 16.3. The van der Waals surface area contributed by atoms with E-state index in [4.69, 9.17) is 4.98 Å². The number of aliphatic hydroxyl groups excluding tert-OH is 2. The first-order chi connectivity index (χ1) is 10.6. The molecule has 4 atom stereocenters. The van der Waals surface area contributed by atoms with Gasteiger partial charge in [0.15, 0.2) is 0 Å². The number of nitrogens with zero attached hydrogens (tertiary/aromatic N) is 2. The summed E-state index contributed by atoms with van der Waals surface area (Å²) in [6.07, 6.45) is 5.30. The maximum atomic E-state index is 10.2. The van der Waals surface area contributed by atoms with E-state index < -0.39 is 6.10 Å². The minimum Gasteiger partial charge on any atom is -0.396 e. The first-order valence-corrected chi connectivity index (χ1v) is 8.45. The smallest absolute Gasteiger partial charge is 0.131 e. The molecule has 2 saturated carbocycles. The van der Waals surface area contributed by atoms with Gasteiger partial charge in [0.1, 0.15) is 5.82 Å². The molecule has 5 nitrogen and oxygen atoms in total. The molecule has 1 aromatic rings.